The van der Waals surface area contributed by atoms with E-state index in [1.807, 2.05) is 0 Å². The van der Waals surface area contributed by atoms with E-state index in [2.05, 4.69) is 42.8 Å². The van der Waals surface area contributed by atoms with Gasteiger partial charge in [0.2, 0.25) is 0 Å². The monoisotopic (exact) mass is 304 g/mol. The summed E-state index contributed by atoms with van der Waals surface area (Å²) < 4.78 is 2.24. The number of carbonyl (C=O) groups is 2. The number of carboxylic acids is 2. The number of hydrogen-bond donors (Lipinski definition) is 3. The predicted octanol–water partition coefficient (Wildman–Crippen LogP) is 1.70. The summed E-state index contributed by atoms with van der Waals surface area (Å²) in [5.74, 6) is -2.51. The van der Waals surface area contributed by atoms with Crippen molar-refractivity contribution in [2.24, 2.45) is 12.8 Å². The molecule has 0 bridgehead atoms. The number of aryl methyl sites for hydroxylation is 1. The predicted molar refractivity (Wildman–Crippen MR) is 84.8 cm³/mol. The Hall–Kier alpha value is -2.60. The largest absolute Gasteiger partial charge is 0.478 e. The van der Waals surface area contributed by atoms with Crippen molar-refractivity contribution in [1.82, 2.24) is 4.57 Å². The highest BCUT2D eigenvalue weighted by molar-refractivity contribution is 5.89. The summed E-state index contributed by atoms with van der Waals surface area (Å²) in [6.07, 6.45) is 2.08. The van der Waals surface area contributed by atoms with Gasteiger partial charge in [-0.1, -0.05) is 18.2 Å². The van der Waals surface area contributed by atoms with Gasteiger partial charge in [-0.25, -0.2) is 9.59 Å². The molecule has 0 unspecified atom stereocenters. The first kappa shape index (κ1) is 17.5. The first-order valence-corrected chi connectivity index (χ1v) is 6.75. The van der Waals surface area contributed by atoms with Gasteiger partial charge in [-0.2, -0.15) is 0 Å². The molecule has 22 heavy (non-hydrogen) atoms. The lowest BCUT2D eigenvalue weighted by Gasteiger charge is -1.99. The lowest BCUT2D eigenvalue weighted by atomic mass is 10.1. The van der Waals surface area contributed by atoms with Crippen molar-refractivity contribution in [3.05, 3.63) is 47.7 Å². The van der Waals surface area contributed by atoms with Crippen molar-refractivity contribution in [3.8, 4) is 0 Å². The third-order valence-corrected chi connectivity index (χ3v) is 3.29. The minimum absolute atomic E-state index is 0.558. The zero-order valence-electron chi connectivity index (χ0n) is 12.6. The third-order valence-electron chi connectivity index (χ3n) is 3.29. The molecule has 118 valence electrons. The molecule has 0 saturated heterocycles. The molecule has 0 saturated carbocycles. The molecular weight excluding hydrogens is 284 g/mol. The smallest absolute Gasteiger partial charge is 0.328 e. The number of fused-ring (bicyclic) bond motifs is 1. The Labute approximate surface area is 128 Å². The maximum atomic E-state index is 9.55. The first-order chi connectivity index (χ1) is 10.4. The van der Waals surface area contributed by atoms with E-state index in [1.165, 1.54) is 22.2 Å². The lowest BCUT2D eigenvalue weighted by molar-refractivity contribution is -0.134. The highest BCUT2D eigenvalue weighted by Crippen LogP contribution is 2.24. The number of para-hydroxylation sites is 1. The van der Waals surface area contributed by atoms with Crippen LogP contribution in [0.25, 0.3) is 10.9 Å². The van der Waals surface area contributed by atoms with E-state index in [0.29, 0.717) is 12.2 Å². The summed E-state index contributed by atoms with van der Waals surface area (Å²) in [5, 5.41) is 17.0. The molecule has 0 aliphatic rings. The van der Waals surface area contributed by atoms with E-state index >= 15 is 0 Å². The number of hydrogen-bond acceptors (Lipinski definition) is 3. The van der Waals surface area contributed by atoms with Crippen LogP contribution < -0.4 is 5.73 Å². The van der Waals surface area contributed by atoms with Gasteiger partial charge in [0.15, 0.2) is 0 Å². The Morgan fingerprint density at radius 3 is 2.23 bits per heavy atom. The molecule has 0 spiro atoms. The fourth-order valence-electron chi connectivity index (χ4n) is 2.20. The quantitative estimate of drug-likeness (QED) is 0.746. The molecule has 0 fully saturated rings. The molecule has 1 aromatic carbocycles. The van der Waals surface area contributed by atoms with Crippen molar-refractivity contribution < 1.29 is 19.8 Å². The van der Waals surface area contributed by atoms with Gasteiger partial charge in [0.25, 0.3) is 0 Å². The fourth-order valence-corrected chi connectivity index (χ4v) is 2.20. The van der Waals surface area contributed by atoms with Gasteiger partial charge >= 0.3 is 11.9 Å². The van der Waals surface area contributed by atoms with Crippen molar-refractivity contribution in [2.75, 3.05) is 6.54 Å². The topological polar surface area (TPSA) is 106 Å². The SMILES string of the molecule is Cc1c(CCN)c2ccccc2n1C.O=C(O)/C=C/C(=O)O. The van der Waals surface area contributed by atoms with E-state index in [9.17, 15) is 9.59 Å². The molecule has 6 heteroatoms. The summed E-state index contributed by atoms with van der Waals surface area (Å²) in [6.45, 7) is 2.87. The van der Waals surface area contributed by atoms with Crippen LogP contribution >= 0.6 is 0 Å². The van der Waals surface area contributed by atoms with Crippen molar-refractivity contribution in [2.45, 2.75) is 13.3 Å². The molecule has 1 aromatic heterocycles. The van der Waals surface area contributed by atoms with Crippen LogP contribution in [0.1, 0.15) is 11.3 Å². The average molecular weight is 304 g/mol. The molecule has 0 amide bonds. The van der Waals surface area contributed by atoms with Crippen LogP contribution in [0.3, 0.4) is 0 Å². The van der Waals surface area contributed by atoms with Crippen LogP contribution in [0.4, 0.5) is 0 Å². The molecule has 0 atom stereocenters. The number of rotatable bonds is 4. The highest BCUT2D eigenvalue weighted by Gasteiger charge is 2.09. The van der Waals surface area contributed by atoms with E-state index in [4.69, 9.17) is 15.9 Å². The van der Waals surface area contributed by atoms with Crippen LogP contribution in [-0.2, 0) is 23.1 Å². The molecule has 0 aliphatic heterocycles. The van der Waals surface area contributed by atoms with Gasteiger partial charge in [-0.05, 0) is 31.5 Å². The Morgan fingerprint density at radius 1 is 1.18 bits per heavy atom. The molecule has 0 aliphatic carbocycles. The molecule has 4 N–H and O–H groups in total. The minimum Gasteiger partial charge on any atom is -0.478 e. The van der Waals surface area contributed by atoms with E-state index in [1.54, 1.807) is 0 Å². The number of nitrogens with two attached hydrogens (primary N) is 1. The second kappa shape index (κ2) is 7.99. The number of nitrogens with zero attached hydrogens (tertiary/aromatic N) is 1. The van der Waals surface area contributed by atoms with Crippen LogP contribution in [0.5, 0.6) is 0 Å². The Balaban J connectivity index is 0.000000261. The maximum absolute atomic E-state index is 9.55. The highest BCUT2D eigenvalue weighted by atomic mass is 16.4. The van der Waals surface area contributed by atoms with Gasteiger partial charge < -0.3 is 20.5 Å². The maximum Gasteiger partial charge on any atom is 0.328 e. The fraction of sp³-hybridized carbons (Fsp3) is 0.250. The minimum atomic E-state index is -1.26. The van der Waals surface area contributed by atoms with Gasteiger partial charge in [-0.3, -0.25) is 0 Å². The van der Waals surface area contributed by atoms with Crippen molar-refractivity contribution >= 4 is 22.8 Å². The second-order valence-electron chi connectivity index (χ2n) is 4.69. The molecule has 2 aromatic rings. The standard InChI is InChI=1S/C12H16N2.C4H4O4/c1-9-10(7-8-13)11-5-3-4-6-12(11)14(9)2;5-3(6)1-2-4(7)8/h3-6H,7-8,13H2,1-2H3;1-2H,(H,5,6)(H,7,8)/b;2-1+. The second-order valence-corrected chi connectivity index (χ2v) is 4.69. The lowest BCUT2D eigenvalue weighted by Crippen LogP contribution is -2.03. The van der Waals surface area contributed by atoms with E-state index < -0.39 is 11.9 Å². The summed E-state index contributed by atoms with van der Waals surface area (Å²) in [5.41, 5.74) is 9.64. The number of benzene rings is 1. The van der Waals surface area contributed by atoms with Gasteiger partial charge in [0, 0.05) is 35.8 Å². The Bertz CT molecular complexity index is 685. The molecule has 1 heterocycles. The zero-order chi connectivity index (χ0) is 16.7. The van der Waals surface area contributed by atoms with Gasteiger partial charge in [0.05, 0.1) is 0 Å². The first-order valence-electron chi connectivity index (χ1n) is 6.75. The van der Waals surface area contributed by atoms with Crippen LogP contribution in [0.15, 0.2) is 36.4 Å². The van der Waals surface area contributed by atoms with Crippen LogP contribution in [0.2, 0.25) is 0 Å². The normalized spacial score (nSPS) is 10.5. The number of aliphatic carboxylic acids is 2. The van der Waals surface area contributed by atoms with Crippen LogP contribution in [0, 0.1) is 6.92 Å². The van der Waals surface area contributed by atoms with Crippen molar-refractivity contribution in [1.29, 1.82) is 0 Å². The van der Waals surface area contributed by atoms with Crippen molar-refractivity contribution in [3.63, 3.8) is 0 Å². The molecular formula is C16H20N2O4. The molecule has 0 radical (unpaired) electrons. The zero-order valence-corrected chi connectivity index (χ0v) is 12.6. The molecule has 6 nitrogen and oxygen atoms in total. The van der Waals surface area contributed by atoms with E-state index in [0.717, 1.165) is 13.0 Å². The summed E-state index contributed by atoms with van der Waals surface area (Å²) in [7, 11) is 2.11. The Kier molecular flexibility index (Phi) is 6.34. The summed E-state index contributed by atoms with van der Waals surface area (Å²) >= 11 is 0. The van der Waals surface area contributed by atoms with Crippen LogP contribution in [-0.4, -0.2) is 33.3 Å². The number of aromatic nitrogens is 1. The van der Waals surface area contributed by atoms with Gasteiger partial charge in [0.1, 0.15) is 0 Å². The summed E-state index contributed by atoms with van der Waals surface area (Å²) in [4.78, 5) is 19.1. The summed E-state index contributed by atoms with van der Waals surface area (Å²) in [6, 6.07) is 8.49. The Morgan fingerprint density at radius 2 is 1.73 bits per heavy atom. The van der Waals surface area contributed by atoms with Gasteiger partial charge in [-0.15, -0.1) is 0 Å². The molecule has 2 rings (SSSR count). The average Bonchev–Trinajstić information content (AvgIpc) is 2.72. The third kappa shape index (κ3) is 4.46. The van der Waals surface area contributed by atoms with E-state index in [-0.39, 0.29) is 0 Å². The number of carboxylic acid groups (broad SMARTS) is 2.